The number of hydrogen-bond acceptors (Lipinski definition) is 6. The lowest BCUT2D eigenvalue weighted by atomic mass is 9.95. The summed E-state index contributed by atoms with van der Waals surface area (Å²) in [6.45, 7) is 2.96. The molecule has 1 saturated heterocycles. The van der Waals surface area contributed by atoms with Gasteiger partial charge in [0.15, 0.2) is 5.65 Å². The molecule has 1 aliphatic rings. The van der Waals surface area contributed by atoms with Crippen LogP contribution in [0.2, 0.25) is 0 Å². The van der Waals surface area contributed by atoms with Gasteiger partial charge in [-0.05, 0) is 44.0 Å². The number of anilines is 1. The van der Waals surface area contributed by atoms with Gasteiger partial charge in [0.2, 0.25) is 5.91 Å². The number of amides is 1. The number of aromatic nitrogens is 4. The number of furan rings is 1. The molecule has 1 atom stereocenters. The van der Waals surface area contributed by atoms with Gasteiger partial charge in [0.25, 0.3) is 5.82 Å². The summed E-state index contributed by atoms with van der Waals surface area (Å²) in [6.07, 6.45) is -1.24. The molecule has 0 radical (unpaired) electrons. The molecule has 4 heterocycles. The molecule has 3 aromatic heterocycles. The zero-order chi connectivity index (χ0) is 21.3. The van der Waals surface area contributed by atoms with Gasteiger partial charge in [-0.3, -0.25) is 4.79 Å². The average molecular weight is 422 g/mol. The summed E-state index contributed by atoms with van der Waals surface area (Å²) in [7, 11) is 0. The molecular formula is C19H21F3N6O2. The summed E-state index contributed by atoms with van der Waals surface area (Å²) in [5.74, 6) is -0.108. The molecule has 1 unspecified atom stereocenters. The van der Waals surface area contributed by atoms with E-state index in [0.29, 0.717) is 42.7 Å². The van der Waals surface area contributed by atoms with E-state index in [2.05, 4.69) is 20.6 Å². The number of carbonyl (C=O) groups is 1. The van der Waals surface area contributed by atoms with Gasteiger partial charge in [0.1, 0.15) is 11.6 Å². The third-order valence-electron chi connectivity index (χ3n) is 5.17. The van der Waals surface area contributed by atoms with Crippen LogP contribution in [0.3, 0.4) is 0 Å². The van der Waals surface area contributed by atoms with Crippen molar-refractivity contribution >= 4 is 17.4 Å². The Morgan fingerprint density at radius 3 is 2.70 bits per heavy atom. The Bertz CT molecular complexity index is 1010. The highest BCUT2D eigenvalue weighted by atomic mass is 19.4. The highest BCUT2D eigenvalue weighted by Crippen LogP contribution is 2.28. The molecule has 160 valence electrons. The van der Waals surface area contributed by atoms with Crippen molar-refractivity contribution in [2.75, 3.05) is 18.0 Å². The zero-order valence-corrected chi connectivity index (χ0v) is 16.3. The van der Waals surface area contributed by atoms with Crippen molar-refractivity contribution in [1.29, 1.82) is 0 Å². The molecule has 11 heteroatoms. The SMILES string of the molecule is CC(Cc1ccco1)NC(=O)C1CCN(c2ccc3nnc(C(F)(F)F)n3n2)CC1. The van der Waals surface area contributed by atoms with Gasteiger partial charge in [-0.25, -0.2) is 0 Å². The van der Waals surface area contributed by atoms with Crippen molar-refractivity contribution in [2.45, 2.75) is 38.4 Å². The molecule has 0 aliphatic carbocycles. The van der Waals surface area contributed by atoms with Crippen molar-refractivity contribution in [3.05, 3.63) is 42.1 Å². The maximum atomic E-state index is 13.1. The summed E-state index contributed by atoms with van der Waals surface area (Å²) >= 11 is 0. The second-order valence-electron chi connectivity index (χ2n) is 7.44. The van der Waals surface area contributed by atoms with E-state index in [1.807, 2.05) is 24.0 Å². The lowest BCUT2D eigenvalue weighted by Gasteiger charge is -2.32. The van der Waals surface area contributed by atoms with E-state index in [9.17, 15) is 18.0 Å². The number of carbonyl (C=O) groups excluding carboxylic acids is 1. The smallest absolute Gasteiger partial charge is 0.453 e. The zero-order valence-electron chi connectivity index (χ0n) is 16.3. The van der Waals surface area contributed by atoms with Gasteiger partial charge in [-0.2, -0.15) is 17.7 Å². The highest BCUT2D eigenvalue weighted by molar-refractivity contribution is 5.79. The van der Waals surface area contributed by atoms with Crippen molar-refractivity contribution < 1.29 is 22.4 Å². The third-order valence-corrected chi connectivity index (χ3v) is 5.17. The predicted octanol–water partition coefficient (Wildman–Crippen LogP) is 2.70. The minimum absolute atomic E-state index is 0.0183. The van der Waals surface area contributed by atoms with Gasteiger partial charge in [-0.15, -0.1) is 15.3 Å². The molecule has 8 nitrogen and oxygen atoms in total. The maximum absolute atomic E-state index is 13.1. The van der Waals surface area contributed by atoms with Crippen molar-refractivity contribution in [2.24, 2.45) is 5.92 Å². The summed E-state index contributed by atoms with van der Waals surface area (Å²) in [5.41, 5.74) is 0.0332. The number of nitrogens with zero attached hydrogens (tertiary/aromatic N) is 5. The first-order valence-electron chi connectivity index (χ1n) is 9.68. The van der Waals surface area contributed by atoms with Crippen LogP contribution in [0.4, 0.5) is 19.0 Å². The second kappa shape index (κ2) is 7.96. The van der Waals surface area contributed by atoms with Crippen LogP contribution in [0.5, 0.6) is 0 Å². The number of halogens is 3. The number of fused-ring (bicyclic) bond motifs is 1. The number of nitrogens with one attached hydrogen (secondary N) is 1. The summed E-state index contributed by atoms with van der Waals surface area (Å²) in [4.78, 5) is 14.4. The van der Waals surface area contributed by atoms with Gasteiger partial charge in [-0.1, -0.05) is 0 Å². The normalized spacial score (nSPS) is 16.7. The Balaban J connectivity index is 1.36. The molecule has 3 aromatic rings. The quantitative estimate of drug-likeness (QED) is 0.680. The lowest BCUT2D eigenvalue weighted by Crippen LogP contribution is -2.44. The first-order valence-corrected chi connectivity index (χ1v) is 9.68. The van der Waals surface area contributed by atoms with Crippen LogP contribution in [0.15, 0.2) is 34.9 Å². The maximum Gasteiger partial charge on any atom is 0.453 e. The Morgan fingerprint density at radius 2 is 2.03 bits per heavy atom. The number of hydrogen-bond donors (Lipinski definition) is 1. The number of rotatable bonds is 5. The van der Waals surface area contributed by atoms with Crippen molar-refractivity contribution in [3.63, 3.8) is 0 Å². The molecule has 1 fully saturated rings. The van der Waals surface area contributed by atoms with Crippen LogP contribution in [0.1, 0.15) is 31.4 Å². The van der Waals surface area contributed by atoms with Crippen LogP contribution >= 0.6 is 0 Å². The molecule has 1 amide bonds. The predicted molar refractivity (Wildman–Crippen MR) is 101 cm³/mol. The molecular weight excluding hydrogens is 401 g/mol. The first-order chi connectivity index (χ1) is 14.3. The number of piperidine rings is 1. The molecule has 1 N–H and O–H groups in total. The molecule has 4 rings (SSSR count). The lowest BCUT2D eigenvalue weighted by molar-refractivity contribution is -0.146. The minimum atomic E-state index is -4.64. The molecule has 1 aliphatic heterocycles. The van der Waals surface area contributed by atoms with Crippen molar-refractivity contribution in [3.8, 4) is 0 Å². The molecule has 0 aromatic carbocycles. The monoisotopic (exact) mass is 422 g/mol. The Labute approximate surface area is 170 Å². The summed E-state index contributed by atoms with van der Waals surface area (Å²) < 4.78 is 45.2. The Morgan fingerprint density at radius 1 is 1.27 bits per heavy atom. The van der Waals surface area contributed by atoms with Crippen LogP contribution in [-0.4, -0.2) is 44.8 Å². The van der Waals surface area contributed by atoms with Gasteiger partial charge < -0.3 is 14.6 Å². The molecule has 0 spiro atoms. The fourth-order valence-corrected chi connectivity index (χ4v) is 3.64. The Hall–Kier alpha value is -3.11. The van der Waals surface area contributed by atoms with Gasteiger partial charge >= 0.3 is 6.18 Å². The van der Waals surface area contributed by atoms with E-state index in [0.717, 1.165) is 5.76 Å². The average Bonchev–Trinajstić information content (AvgIpc) is 3.36. The van der Waals surface area contributed by atoms with Crippen LogP contribution in [0.25, 0.3) is 5.65 Å². The van der Waals surface area contributed by atoms with Crippen molar-refractivity contribution in [1.82, 2.24) is 25.1 Å². The Kier molecular flexibility index (Phi) is 5.35. The topological polar surface area (TPSA) is 88.6 Å². The van der Waals surface area contributed by atoms with E-state index >= 15 is 0 Å². The fraction of sp³-hybridized carbons (Fsp3) is 0.474. The van der Waals surface area contributed by atoms with Gasteiger partial charge in [0.05, 0.1) is 6.26 Å². The summed E-state index contributed by atoms with van der Waals surface area (Å²) in [5, 5.41) is 13.8. The largest absolute Gasteiger partial charge is 0.469 e. The van der Waals surface area contributed by atoms with Crippen LogP contribution in [0, 0.1) is 5.92 Å². The van der Waals surface area contributed by atoms with Crippen LogP contribution in [-0.2, 0) is 17.4 Å². The molecule has 0 saturated carbocycles. The first kappa shape index (κ1) is 20.2. The van der Waals surface area contributed by atoms with Crippen LogP contribution < -0.4 is 10.2 Å². The van der Waals surface area contributed by atoms with E-state index in [-0.39, 0.29) is 23.5 Å². The molecule has 0 bridgehead atoms. The molecule has 30 heavy (non-hydrogen) atoms. The van der Waals surface area contributed by atoms with E-state index in [1.165, 1.54) is 6.07 Å². The second-order valence-corrected chi connectivity index (χ2v) is 7.44. The third kappa shape index (κ3) is 4.24. The van der Waals surface area contributed by atoms with E-state index < -0.39 is 12.0 Å². The standard InChI is InChI=1S/C19H21F3N6O2/c1-12(11-14-3-2-10-30-14)23-17(29)13-6-8-27(9-7-13)16-5-4-15-24-25-18(19(20,21)22)28(15)26-16/h2-5,10,12-13H,6-9,11H2,1H3,(H,23,29). The number of alkyl halides is 3. The van der Waals surface area contributed by atoms with Gasteiger partial charge in [0, 0.05) is 31.5 Å². The fourth-order valence-electron chi connectivity index (χ4n) is 3.64. The minimum Gasteiger partial charge on any atom is -0.469 e. The summed E-state index contributed by atoms with van der Waals surface area (Å²) in [6, 6.07) is 6.70. The van der Waals surface area contributed by atoms with E-state index in [4.69, 9.17) is 4.42 Å². The van der Waals surface area contributed by atoms with E-state index in [1.54, 1.807) is 12.3 Å². The highest BCUT2D eigenvalue weighted by Gasteiger charge is 2.38.